The minimum Gasteiger partial charge on any atom is -0.450 e. The van der Waals surface area contributed by atoms with E-state index in [1.807, 2.05) is 19.1 Å². The molecule has 0 saturated carbocycles. The number of rotatable bonds is 6. The third-order valence-corrected chi connectivity index (χ3v) is 3.56. The van der Waals surface area contributed by atoms with Gasteiger partial charge in [-0.3, -0.25) is 9.59 Å². The summed E-state index contributed by atoms with van der Waals surface area (Å²) in [7, 11) is 0. The number of aromatic nitrogens is 1. The Morgan fingerprint density at radius 1 is 1.12 bits per heavy atom. The van der Waals surface area contributed by atoms with Crippen LogP contribution in [0.4, 0.5) is 5.82 Å². The largest absolute Gasteiger partial charge is 0.450 e. The lowest BCUT2D eigenvalue weighted by molar-refractivity contribution is -0.114. The van der Waals surface area contributed by atoms with Crippen molar-refractivity contribution in [1.82, 2.24) is 4.98 Å². The van der Waals surface area contributed by atoms with Crippen LogP contribution in [0.1, 0.15) is 47.2 Å². The number of carbonyl (C=O) groups excluding carboxylic acids is 3. The van der Waals surface area contributed by atoms with Gasteiger partial charge in [0.25, 0.3) is 0 Å². The van der Waals surface area contributed by atoms with E-state index >= 15 is 0 Å². The molecular weight excluding hydrogens is 320 g/mol. The van der Waals surface area contributed by atoms with Crippen molar-refractivity contribution < 1.29 is 19.1 Å². The monoisotopic (exact) mass is 340 g/mol. The second-order valence-electron chi connectivity index (χ2n) is 5.55. The van der Waals surface area contributed by atoms with Crippen molar-refractivity contribution in [3.63, 3.8) is 0 Å². The topological polar surface area (TPSA) is 85.4 Å². The van der Waals surface area contributed by atoms with Crippen molar-refractivity contribution in [1.29, 1.82) is 0 Å². The number of nitrogens with zero attached hydrogens (tertiary/aromatic N) is 1. The van der Waals surface area contributed by atoms with Crippen molar-refractivity contribution >= 4 is 23.5 Å². The van der Waals surface area contributed by atoms with Crippen LogP contribution in [0.15, 0.2) is 42.5 Å². The number of benzene rings is 1. The molecule has 2 aromatic rings. The molecule has 6 heteroatoms. The van der Waals surface area contributed by atoms with Gasteiger partial charge in [-0.15, -0.1) is 0 Å². The fraction of sp³-hybridized carbons (Fsp3) is 0.263. The SMILES string of the molecule is CCc1ccc(C(=O)[C@H](C)OC(=O)c2cccc(NC(C)=O)n2)cc1. The van der Waals surface area contributed by atoms with Gasteiger partial charge in [0.05, 0.1) is 0 Å². The van der Waals surface area contributed by atoms with E-state index in [0.717, 1.165) is 12.0 Å². The highest BCUT2D eigenvalue weighted by Gasteiger charge is 2.21. The van der Waals surface area contributed by atoms with E-state index in [4.69, 9.17) is 4.74 Å². The molecule has 1 aromatic heterocycles. The van der Waals surface area contributed by atoms with Crippen LogP contribution in [-0.2, 0) is 16.0 Å². The highest BCUT2D eigenvalue weighted by atomic mass is 16.5. The van der Waals surface area contributed by atoms with E-state index in [1.165, 1.54) is 19.9 Å². The third kappa shape index (κ3) is 4.97. The van der Waals surface area contributed by atoms with Gasteiger partial charge in [0, 0.05) is 12.5 Å². The maximum absolute atomic E-state index is 12.4. The maximum atomic E-state index is 12.4. The van der Waals surface area contributed by atoms with Crippen molar-refractivity contribution in [2.75, 3.05) is 5.32 Å². The van der Waals surface area contributed by atoms with Gasteiger partial charge >= 0.3 is 5.97 Å². The smallest absolute Gasteiger partial charge is 0.357 e. The highest BCUT2D eigenvalue weighted by Crippen LogP contribution is 2.12. The van der Waals surface area contributed by atoms with Crippen molar-refractivity contribution in [3.05, 3.63) is 59.3 Å². The van der Waals surface area contributed by atoms with E-state index in [9.17, 15) is 14.4 Å². The van der Waals surface area contributed by atoms with Crippen LogP contribution in [-0.4, -0.2) is 28.7 Å². The van der Waals surface area contributed by atoms with Gasteiger partial charge in [0.1, 0.15) is 5.82 Å². The third-order valence-electron chi connectivity index (χ3n) is 3.56. The molecule has 25 heavy (non-hydrogen) atoms. The summed E-state index contributed by atoms with van der Waals surface area (Å²) in [5.74, 6) is -1.06. The van der Waals surface area contributed by atoms with Gasteiger partial charge in [-0.25, -0.2) is 9.78 Å². The summed E-state index contributed by atoms with van der Waals surface area (Å²) in [6, 6.07) is 11.8. The summed E-state index contributed by atoms with van der Waals surface area (Å²) < 4.78 is 5.21. The Kier molecular flexibility index (Phi) is 6.00. The first kappa shape index (κ1) is 18.3. The highest BCUT2D eigenvalue weighted by molar-refractivity contribution is 6.01. The zero-order valence-electron chi connectivity index (χ0n) is 14.4. The minimum atomic E-state index is -0.939. The van der Waals surface area contributed by atoms with Crippen molar-refractivity contribution in [2.24, 2.45) is 0 Å². The summed E-state index contributed by atoms with van der Waals surface area (Å²) >= 11 is 0. The molecule has 1 N–H and O–H groups in total. The van der Waals surface area contributed by atoms with Gasteiger partial charge in [-0.2, -0.15) is 0 Å². The second-order valence-corrected chi connectivity index (χ2v) is 5.55. The summed E-state index contributed by atoms with van der Waals surface area (Å²) in [4.78, 5) is 39.6. The number of hydrogen-bond donors (Lipinski definition) is 1. The molecule has 1 aromatic carbocycles. The molecule has 1 atom stereocenters. The molecule has 1 amide bonds. The van der Waals surface area contributed by atoms with Gasteiger partial charge < -0.3 is 10.1 Å². The second kappa shape index (κ2) is 8.19. The Bertz CT molecular complexity index is 784. The number of ether oxygens (including phenoxy) is 1. The molecule has 0 spiro atoms. The Balaban J connectivity index is 2.05. The van der Waals surface area contributed by atoms with E-state index < -0.39 is 12.1 Å². The van der Waals surface area contributed by atoms with E-state index in [0.29, 0.717) is 5.56 Å². The van der Waals surface area contributed by atoms with E-state index in [2.05, 4.69) is 10.3 Å². The molecular formula is C19H20N2O4. The van der Waals surface area contributed by atoms with Gasteiger partial charge in [-0.05, 0) is 31.0 Å². The average molecular weight is 340 g/mol. The molecule has 0 fully saturated rings. The summed E-state index contributed by atoms with van der Waals surface area (Å²) in [5, 5.41) is 2.49. The first-order chi connectivity index (χ1) is 11.9. The number of hydrogen-bond acceptors (Lipinski definition) is 5. The molecule has 0 bridgehead atoms. The fourth-order valence-corrected chi connectivity index (χ4v) is 2.21. The van der Waals surface area contributed by atoms with Gasteiger partial charge in [0.15, 0.2) is 11.8 Å². The zero-order chi connectivity index (χ0) is 18.4. The molecule has 0 saturated heterocycles. The molecule has 0 aliphatic rings. The Morgan fingerprint density at radius 3 is 2.40 bits per heavy atom. The molecule has 0 radical (unpaired) electrons. The van der Waals surface area contributed by atoms with Crippen LogP contribution in [0.25, 0.3) is 0 Å². The lowest BCUT2D eigenvalue weighted by atomic mass is 10.0. The Hall–Kier alpha value is -3.02. The quantitative estimate of drug-likeness (QED) is 0.645. The number of aryl methyl sites for hydroxylation is 1. The number of anilines is 1. The Morgan fingerprint density at radius 2 is 1.80 bits per heavy atom. The summed E-state index contributed by atoms with van der Waals surface area (Å²) in [5.41, 5.74) is 1.63. The van der Waals surface area contributed by atoms with Crippen LogP contribution < -0.4 is 5.32 Å². The first-order valence-corrected chi connectivity index (χ1v) is 7.99. The van der Waals surface area contributed by atoms with Crippen LogP contribution in [0.5, 0.6) is 0 Å². The Labute approximate surface area is 146 Å². The number of nitrogens with one attached hydrogen (secondary N) is 1. The maximum Gasteiger partial charge on any atom is 0.357 e. The number of ketones is 1. The lowest BCUT2D eigenvalue weighted by Crippen LogP contribution is -2.25. The first-order valence-electron chi connectivity index (χ1n) is 7.99. The number of amides is 1. The molecule has 2 rings (SSSR count). The standard InChI is InChI=1S/C19H20N2O4/c1-4-14-8-10-15(11-9-14)18(23)12(2)25-19(24)16-6-5-7-17(21-16)20-13(3)22/h5-12H,4H2,1-3H3,(H,20,21,22)/t12-/m0/s1. The molecule has 1 heterocycles. The van der Waals surface area contributed by atoms with Crippen molar-refractivity contribution in [2.45, 2.75) is 33.3 Å². The van der Waals surface area contributed by atoms with E-state index in [-0.39, 0.29) is 23.2 Å². The number of Topliss-reactive ketones (excluding diaryl/α,β-unsaturated/α-hetero) is 1. The summed E-state index contributed by atoms with van der Waals surface area (Å²) in [6.07, 6.45) is -0.0545. The van der Waals surface area contributed by atoms with Crippen LogP contribution >= 0.6 is 0 Å². The molecule has 0 unspecified atom stereocenters. The molecule has 0 aliphatic heterocycles. The van der Waals surface area contributed by atoms with Gasteiger partial charge in [0.2, 0.25) is 11.7 Å². The predicted molar refractivity (Wildman–Crippen MR) is 93.6 cm³/mol. The van der Waals surface area contributed by atoms with Gasteiger partial charge in [-0.1, -0.05) is 37.3 Å². The zero-order valence-corrected chi connectivity index (χ0v) is 14.4. The predicted octanol–water partition coefficient (Wildman–Crippen LogP) is 3.03. The van der Waals surface area contributed by atoms with Crippen LogP contribution in [0, 0.1) is 0 Å². The average Bonchev–Trinajstić information content (AvgIpc) is 2.60. The molecule has 6 nitrogen and oxygen atoms in total. The number of esters is 1. The van der Waals surface area contributed by atoms with Crippen LogP contribution in [0.3, 0.4) is 0 Å². The summed E-state index contributed by atoms with van der Waals surface area (Å²) in [6.45, 7) is 4.90. The molecule has 130 valence electrons. The fourth-order valence-electron chi connectivity index (χ4n) is 2.21. The number of carbonyl (C=O) groups is 3. The van der Waals surface area contributed by atoms with Crippen molar-refractivity contribution in [3.8, 4) is 0 Å². The minimum absolute atomic E-state index is 0.0206. The molecule has 0 aliphatic carbocycles. The number of pyridine rings is 1. The van der Waals surface area contributed by atoms with Crippen LogP contribution in [0.2, 0.25) is 0 Å². The van der Waals surface area contributed by atoms with E-state index in [1.54, 1.807) is 24.3 Å². The normalized spacial score (nSPS) is 11.5. The lowest BCUT2D eigenvalue weighted by Gasteiger charge is -2.12.